The molecule has 0 atom stereocenters. The van der Waals surface area contributed by atoms with Gasteiger partial charge in [0.25, 0.3) is 5.91 Å². The topological polar surface area (TPSA) is 53.0 Å². The Morgan fingerprint density at radius 3 is 2.46 bits per heavy atom. The predicted octanol–water partition coefficient (Wildman–Crippen LogP) is 5.55. The van der Waals surface area contributed by atoms with Crippen LogP contribution in [0.5, 0.6) is 5.75 Å². The van der Waals surface area contributed by atoms with Gasteiger partial charge in [-0.25, -0.2) is 0 Å². The number of rotatable bonds is 7. The van der Waals surface area contributed by atoms with Crippen molar-refractivity contribution in [1.82, 2.24) is 9.80 Å². The van der Waals surface area contributed by atoms with Crippen molar-refractivity contribution in [2.75, 3.05) is 32.8 Å². The number of carbonyl (C=O) groups is 1. The molecule has 2 aliphatic rings. The number of hydrogen-bond donors (Lipinski definition) is 1. The normalized spacial score (nSPS) is 18.1. The molecular formula is C28H31ClN2O3S. The van der Waals surface area contributed by atoms with Crippen LogP contribution in [-0.2, 0) is 16.9 Å². The molecule has 1 aromatic heterocycles. The maximum Gasteiger partial charge on any atom is 0.260 e. The third kappa shape index (κ3) is 5.72. The van der Waals surface area contributed by atoms with Gasteiger partial charge < -0.3 is 14.7 Å². The fourth-order valence-electron chi connectivity index (χ4n) is 5.03. The maximum absolute atomic E-state index is 13.0. The Labute approximate surface area is 215 Å². The van der Waals surface area contributed by atoms with Crippen LogP contribution >= 0.6 is 22.9 Å². The van der Waals surface area contributed by atoms with Gasteiger partial charge in [-0.2, -0.15) is 0 Å². The van der Waals surface area contributed by atoms with Crippen molar-refractivity contribution in [2.24, 2.45) is 0 Å². The van der Waals surface area contributed by atoms with Crippen LogP contribution in [-0.4, -0.2) is 53.6 Å². The van der Waals surface area contributed by atoms with Gasteiger partial charge in [-0.3, -0.25) is 9.69 Å². The fraction of sp³-hybridized carbons (Fsp3) is 0.393. The van der Waals surface area contributed by atoms with Crippen LogP contribution in [0, 0.1) is 0 Å². The zero-order valence-electron chi connectivity index (χ0n) is 19.8. The summed E-state index contributed by atoms with van der Waals surface area (Å²) in [5.41, 5.74) is 2.23. The minimum absolute atomic E-state index is 0.00468. The SMILES string of the molecule is O=C(COc1ccc(-c2cccs2)cc1CN1CCCC1)N1CCC(O)(c2ccc(Cl)cc2)CC1. The zero-order chi connectivity index (χ0) is 24.3. The van der Waals surface area contributed by atoms with Gasteiger partial charge in [0, 0.05) is 35.1 Å². The molecule has 0 unspecified atom stereocenters. The number of amides is 1. The quantitative estimate of drug-likeness (QED) is 0.452. The lowest BCUT2D eigenvalue weighted by atomic mass is 9.84. The fourth-order valence-corrected chi connectivity index (χ4v) is 5.88. The van der Waals surface area contributed by atoms with E-state index in [1.807, 2.05) is 18.2 Å². The third-order valence-corrected chi connectivity index (χ3v) is 8.31. The van der Waals surface area contributed by atoms with Crippen LogP contribution in [0.2, 0.25) is 5.02 Å². The molecule has 35 heavy (non-hydrogen) atoms. The number of ether oxygens (including phenoxy) is 1. The largest absolute Gasteiger partial charge is 0.483 e. The first kappa shape index (κ1) is 24.3. The Hall–Kier alpha value is -2.38. The number of carbonyl (C=O) groups excluding carboxylic acids is 1. The number of piperidine rings is 1. The number of likely N-dealkylation sites (tertiary alicyclic amines) is 2. The van der Waals surface area contributed by atoms with E-state index in [0.29, 0.717) is 31.0 Å². The number of thiophene rings is 1. The molecule has 3 heterocycles. The molecule has 0 aliphatic carbocycles. The highest BCUT2D eigenvalue weighted by molar-refractivity contribution is 7.13. The number of halogens is 1. The second-order valence-corrected chi connectivity index (χ2v) is 10.9. The minimum atomic E-state index is -0.928. The van der Waals surface area contributed by atoms with Gasteiger partial charge in [0.2, 0.25) is 0 Å². The van der Waals surface area contributed by atoms with E-state index in [0.717, 1.165) is 36.5 Å². The van der Waals surface area contributed by atoms with Gasteiger partial charge in [0.05, 0.1) is 5.60 Å². The maximum atomic E-state index is 13.0. The highest BCUT2D eigenvalue weighted by Gasteiger charge is 2.35. The monoisotopic (exact) mass is 510 g/mol. The summed E-state index contributed by atoms with van der Waals surface area (Å²) in [6.07, 6.45) is 3.46. The van der Waals surface area contributed by atoms with Crippen LogP contribution in [0.4, 0.5) is 0 Å². The highest BCUT2D eigenvalue weighted by atomic mass is 35.5. The van der Waals surface area contributed by atoms with Crippen molar-refractivity contribution >= 4 is 28.8 Å². The van der Waals surface area contributed by atoms with Crippen molar-refractivity contribution < 1.29 is 14.6 Å². The Kier molecular flexibility index (Phi) is 7.44. The molecular weight excluding hydrogens is 480 g/mol. The Balaban J connectivity index is 1.22. The first-order chi connectivity index (χ1) is 17.0. The minimum Gasteiger partial charge on any atom is -0.483 e. The standard InChI is InChI=1S/C28H31ClN2O3S/c29-24-8-6-23(7-9-24)28(33)11-15-31(16-12-28)27(32)20-34-25-10-5-21(26-4-3-17-35-26)18-22(25)19-30-13-1-2-14-30/h3-10,17-18,33H,1-2,11-16,19-20H2. The van der Waals surface area contributed by atoms with E-state index >= 15 is 0 Å². The van der Waals surface area contributed by atoms with Gasteiger partial charge >= 0.3 is 0 Å². The number of nitrogens with zero attached hydrogens (tertiary/aromatic N) is 2. The predicted molar refractivity (Wildman–Crippen MR) is 141 cm³/mol. The van der Waals surface area contributed by atoms with Gasteiger partial charge in [0.15, 0.2) is 6.61 Å². The average Bonchev–Trinajstić information content (AvgIpc) is 3.59. The van der Waals surface area contributed by atoms with E-state index in [-0.39, 0.29) is 12.5 Å². The molecule has 1 amide bonds. The van der Waals surface area contributed by atoms with Crippen LogP contribution in [0.3, 0.4) is 0 Å². The molecule has 3 aromatic rings. The van der Waals surface area contributed by atoms with Crippen molar-refractivity contribution in [2.45, 2.75) is 37.8 Å². The molecule has 2 aromatic carbocycles. The van der Waals surface area contributed by atoms with Crippen LogP contribution in [0.1, 0.15) is 36.8 Å². The van der Waals surface area contributed by atoms with E-state index in [9.17, 15) is 9.90 Å². The first-order valence-corrected chi connectivity index (χ1v) is 13.5. The molecule has 2 aliphatic heterocycles. The summed E-state index contributed by atoms with van der Waals surface area (Å²) in [5, 5.41) is 13.8. The molecule has 184 valence electrons. The molecule has 0 saturated carbocycles. The average molecular weight is 511 g/mol. The Morgan fingerprint density at radius 1 is 1.03 bits per heavy atom. The Bertz CT molecular complexity index is 1140. The highest BCUT2D eigenvalue weighted by Crippen LogP contribution is 2.34. The summed E-state index contributed by atoms with van der Waals surface area (Å²) < 4.78 is 6.09. The molecule has 7 heteroatoms. The number of hydrogen-bond acceptors (Lipinski definition) is 5. The van der Waals surface area contributed by atoms with Crippen molar-refractivity contribution in [3.05, 3.63) is 76.1 Å². The first-order valence-electron chi connectivity index (χ1n) is 12.3. The number of benzene rings is 2. The van der Waals surface area contributed by atoms with Crippen LogP contribution in [0.25, 0.3) is 10.4 Å². The van der Waals surface area contributed by atoms with Gasteiger partial charge in [-0.05, 0) is 91.7 Å². The summed E-state index contributed by atoms with van der Waals surface area (Å²) in [4.78, 5) is 18.4. The van der Waals surface area contributed by atoms with Crippen molar-refractivity contribution in [3.63, 3.8) is 0 Å². The van der Waals surface area contributed by atoms with E-state index in [4.69, 9.17) is 16.3 Å². The van der Waals surface area contributed by atoms with Crippen molar-refractivity contribution in [1.29, 1.82) is 0 Å². The van der Waals surface area contributed by atoms with Gasteiger partial charge in [-0.1, -0.05) is 29.8 Å². The number of aliphatic hydroxyl groups is 1. The smallest absolute Gasteiger partial charge is 0.260 e. The second kappa shape index (κ2) is 10.7. The second-order valence-electron chi connectivity index (χ2n) is 9.49. The van der Waals surface area contributed by atoms with E-state index < -0.39 is 5.60 Å². The summed E-state index contributed by atoms with van der Waals surface area (Å²) in [6.45, 7) is 4.04. The lowest BCUT2D eigenvalue weighted by Gasteiger charge is -2.38. The summed E-state index contributed by atoms with van der Waals surface area (Å²) >= 11 is 7.72. The van der Waals surface area contributed by atoms with E-state index in [1.165, 1.54) is 23.3 Å². The van der Waals surface area contributed by atoms with E-state index in [1.54, 1.807) is 28.4 Å². The molecule has 2 fully saturated rings. The van der Waals surface area contributed by atoms with Crippen LogP contribution < -0.4 is 4.74 Å². The molecule has 0 spiro atoms. The lowest BCUT2D eigenvalue weighted by Crippen LogP contribution is -2.46. The third-order valence-electron chi connectivity index (χ3n) is 7.13. The molecule has 5 nitrogen and oxygen atoms in total. The summed E-state index contributed by atoms with van der Waals surface area (Å²) in [7, 11) is 0. The molecule has 0 radical (unpaired) electrons. The summed E-state index contributed by atoms with van der Waals surface area (Å²) in [6, 6.07) is 17.8. The van der Waals surface area contributed by atoms with Crippen LogP contribution in [0.15, 0.2) is 60.0 Å². The molecule has 1 N–H and O–H groups in total. The summed E-state index contributed by atoms with van der Waals surface area (Å²) in [5.74, 6) is 0.734. The molecule has 0 bridgehead atoms. The van der Waals surface area contributed by atoms with E-state index in [2.05, 4.69) is 34.5 Å². The van der Waals surface area contributed by atoms with Crippen molar-refractivity contribution in [3.8, 4) is 16.2 Å². The van der Waals surface area contributed by atoms with Gasteiger partial charge in [-0.15, -0.1) is 11.3 Å². The zero-order valence-corrected chi connectivity index (χ0v) is 21.4. The molecule has 2 saturated heterocycles. The Morgan fingerprint density at radius 2 is 1.77 bits per heavy atom. The lowest BCUT2D eigenvalue weighted by molar-refractivity contribution is -0.137. The molecule has 5 rings (SSSR count). The van der Waals surface area contributed by atoms with Gasteiger partial charge in [0.1, 0.15) is 5.75 Å².